The predicted octanol–water partition coefficient (Wildman–Crippen LogP) is 3.97. The Morgan fingerprint density at radius 1 is 0.968 bits per heavy atom. The van der Waals surface area contributed by atoms with Crippen LogP contribution in [0.5, 0.6) is 0 Å². The van der Waals surface area contributed by atoms with Crippen molar-refractivity contribution in [1.82, 2.24) is 10.4 Å². The number of ether oxygens (including phenoxy) is 2. The molecule has 0 radical (unpaired) electrons. The summed E-state index contributed by atoms with van der Waals surface area (Å²) in [7, 11) is 0. The second kappa shape index (κ2) is 9.07. The number of carbonyl (C=O) groups excluding carboxylic acids is 3. The first-order valence-corrected chi connectivity index (χ1v) is 10.2. The molecule has 0 fully saturated rings. The van der Waals surface area contributed by atoms with Crippen LogP contribution in [0, 0.1) is 0 Å². The maximum absolute atomic E-state index is 13.4. The average Bonchev–Trinajstić information content (AvgIpc) is 2.98. The maximum Gasteiger partial charge on any atom is 0.430 e. The van der Waals surface area contributed by atoms with Gasteiger partial charge >= 0.3 is 12.2 Å². The number of para-hydroxylation sites is 1. The quantitative estimate of drug-likeness (QED) is 0.707. The fraction of sp³-hybridized carbons (Fsp3) is 0.348. The Morgan fingerprint density at radius 2 is 1.58 bits per heavy atom. The fourth-order valence-corrected chi connectivity index (χ4v) is 3.55. The molecule has 0 aromatic heterocycles. The molecule has 3 amide bonds. The summed E-state index contributed by atoms with van der Waals surface area (Å²) in [5.41, 5.74) is 2.81. The monoisotopic (exact) mass is 425 g/mol. The number of hydrogen-bond acceptors (Lipinski definition) is 5. The Kier molecular flexibility index (Phi) is 6.48. The molecule has 0 aliphatic carbocycles. The van der Waals surface area contributed by atoms with E-state index in [1.54, 1.807) is 52.0 Å². The number of hydrazine groups is 1. The number of nitrogens with zero attached hydrogens (tertiary/aromatic N) is 1. The second-order valence-corrected chi connectivity index (χ2v) is 7.86. The van der Waals surface area contributed by atoms with Gasteiger partial charge in [-0.3, -0.25) is 4.79 Å². The van der Waals surface area contributed by atoms with Crippen LogP contribution in [0.25, 0.3) is 0 Å². The van der Waals surface area contributed by atoms with Crippen LogP contribution in [-0.4, -0.2) is 35.3 Å². The number of amides is 3. The molecule has 0 saturated carbocycles. The number of anilines is 1. The van der Waals surface area contributed by atoms with E-state index in [4.69, 9.17) is 9.47 Å². The second-order valence-electron chi connectivity index (χ2n) is 7.86. The minimum absolute atomic E-state index is 0.117. The molecule has 2 aromatic rings. The summed E-state index contributed by atoms with van der Waals surface area (Å²) in [6.07, 6.45) is -2.49. The predicted molar refractivity (Wildman–Crippen MR) is 115 cm³/mol. The highest BCUT2D eigenvalue weighted by Crippen LogP contribution is 2.42. The highest BCUT2D eigenvalue weighted by atomic mass is 16.6. The van der Waals surface area contributed by atoms with E-state index in [-0.39, 0.29) is 6.42 Å². The fourth-order valence-electron chi connectivity index (χ4n) is 3.55. The zero-order valence-corrected chi connectivity index (χ0v) is 18.0. The van der Waals surface area contributed by atoms with Crippen LogP contribution in [0.3, 0.4) is 0 Å². The zero-order valence-electron chi connectivity index (χ0n) is 18.0. The molecule has 0 unspecified atom stereocenters. The van der Waals surface area contributed by atoms with Gasteiger partial charge in [-0.2, -0.15) is 5.01 Å². The van der Waals surface area contributed by atoms with Crippen molar-refractivity contribution >= 4 is 23.8 Å². The van der Waals surface area contributed by atoms with Crippen LogP contribution in [0.15, 0.2) is 54.6 Å². The third-order valence-electron chi connectivity index (χ3n) is 4.75. The molecule has 1 aliphatic heterocycles. The first-order chi connectivity index (χ1) is 14.7. The molecule has 3 rings (SSSR count). The van der Waals surface area contributed by atoms with E-state index >= 15 is 0 Å². The summed E-state index contributed by atoms with van der Waals surface area (Å²) >= 11 is 0. The Balaban J connectivity index is 2.14. The first kappa shape index (κ1) is 22.1. The Bertz CT molecular complexity index is 961. The van der Waals surface area contributed by atoms with Crippen molar-refractivity contribution in [2.45, 2.75) is 51.9 Å². The molecular weight excluding hydrogens is 398 g/mol. The van der Waals surface area contributed by atoms with Crippen LogP contribution in [0.1, 0.15) is 38.8 Å². The van der Waals surface area contributed by atoms with E-state index in [0.717, 1.165) is 10.6 Å². The number of carbonyl (C=O) groups is 3. The molecule has 1 heterocycles. The first-order valence-electron chi connectivity index (χ1n) is 10.2. The van der Waals surface area contributed by atoms with Gasteiger partial charge in [0.25, 0.3) is 5.91 Å². The van der Waals surface area contributed by atoms with Crippen LogP contribution < -0.4 is 10.7 Å². The van der Waals surface area contributed by atoms with Gasteiger partial charge in [0.05, 0.1) is 12.2 Å². The molecule has 1 atom stereocenters. The summed E-state index contributed by atoms with van der Waals surface area (Å²) in [6, 6.07) is 16.3. The van der Waals surface area contributed by atoms with Gasteiger partial charge in [-0.15, -0.1) is 0 Å². The van der Waals surface area contributed by atoms with E-state index < -0.39 is 35.8 Å². The minimum atomic E-state index is -1.57. The summed E-state index contributed by atoms with van der Waals surface area (Å²) in [4.78, 5) is 39.1. The summed E-state index contributed by atoms with van der Waals surface area (Å²) in [6.45, 7) is 6.76. The number of fused-ring (bicyclic) bond motifs is 1. The number of benzene rings is 2. The molecule has 31 heavy (non-hydrogen) atoms. The smallest absolute Gasteiger partial charge is 0.430 e. The van der Waals surface area contributed by atoms with Crippen LogP contribution in [0.4, 0.5) is 15.3 Å². The summed E-state index contributed by atoms with van der Waals surface area (Å²) < 4.78 is 10.6. The van der Waals surface area contributed by atoms with Gasteiger partial charge in [-0.05, 0) is 39.3 Å². The molecule has 8 nitrogen and oxygen atoms in total. The molecule has 1 aliphatic rings. The van der Waals surface area contributed by atoms with Crippen LogP contribution in [-0.2, 0) is 26.2 Å². The minimum Gasteiger partial charge on any atom is -0.446 e. The maximum atomic E-state index is 13.4. The zero-order chi connectivity index (χ0) is 22.6. The van der Waals surface area contributed by atoms with Gasteiger partial charge in [0.2, 0.25) is 0 Å². The van der Waals surface area contributed by atoms with Crippen molar-refractivity contribution in [2.24, 2.45) is 0 Å². The number of rotatable bonds is 5. The Hall–Kier alpha value is -3.55. The van der Waals surface area contributed by atoms with E-state index in [9.17, 15) is 14.4 Å². The average molecular weight is 425 g/mol. The van der Waals surface area contributed by atoms with Crippen molar-refractivity contribution in [1.29, 1.82) is 0 Å². The highest BCUT2D eigenvalue weighted by molar-refractivity contribution is 6.07. The van der Waals surface area contributed by atoms with E-state index in [1.807, 2.05) is 30.3 Å². The number of hydrogen-bond donors (Lipinski definition) is 2. The van der Waals surface area contributed by atoms with Gasteiger partial charge in [-0.1, -0.05) is 48.5 Å². The summed E-state index contributed by atoms with van der Waals surface area (Å²) in [5.74, 6) is -0.455. The van der Waals surface area contributed by atoms with Crippen molar-refractivity contribution in [3.8, 4) is 0 Å². The van der Waals surface area contributed by atoms with Gasteiger partial charge in [0.15, 0.2) is 5.54 Å². The lowest BCUT2D eigenvalue weighted by Gasteiger charge is -2.38. The third-order valence-corrected chi connectivity index (χ3v) is 4.75. The molecule has 164 valence electrons. The van der Waals surface area contributed by atoms with E-state index in [1.165, 1.54) is 0 Å². The standard InChI is InChI=1S/C23H27N3O5/c1-15(2)30-21(28)25-26(22(29)31-16(3)4)23(14-17-10-6-5-7-11-17)18-12-8-9-13-19(18)24-20(23)27/h5-13,15-16H,14H2,1-4H3,(H,24,27)(H,25,28)/t23-/m0/s1. The van der Waals surface area contributed by atoms with Gasteiger partial charge in [-0.25, -0.2) is 15.0 Å². The van der Waals surface area contributed by atoms with Crippen LogP contribution >= 0.6 is 0 Å². The lowest BCUT2D eigenvalue weighted by Crippen LogP contribution is -2.62. The lowest BCUT2D eigenvalue weighted by atomic mass is 9.84. The number of nitrogens with one attached hydrogen (secondary N) is 2. The molecular formula is C23H27N3O5. The highest BCUT2D eigenvalue weighted by Gasteiger charge is 2.55. The van der Waals surface area contributed by atoms with E-state index in [2.05, 4.69) is 10.7 Å². The summed E-state index contributed by atoms with van der Waals surface area (Å²) in [5, 5.41) is 3.78. The Morgan fingerprint density at radius 3 is 2.23 bits per heavy atom. The normalized spacial score (nSPS) is 17.2. The molecule has 0 spiro atoms. The molecule has 8 heteroatoms. The molecule has 2 N–H and O–H groups in total. The molecule has 0 bridgehead atoms. The molecule has 0 saturated heterocycles. The van der Waals surface area contributed by atoms with Crippen molar-refractivity contribution in [3.63, 3.8) is 0 Å². The van der Waals surface area contributed by atoms with Crippen LogP contribution in [0.2, 0.25) is 0 Å². The van der Waals surface area contributed by atoms with Crippen molar-refractivity contribution in [3.05, 3.63) is 65.7 Å². The van der Waals surface area contributed by atoms with Gasteiger partial charge in [0.1, 0.15) is 0 Å². The van der Waals surface area contributed by atoms with Gasteiger partial charge < -0.3 is 14.8 Å². The lowest BCUT2D eigenvalue weighted by molar-refractivity contribution is -0.129. The van der Waals surface area contributed by atoms with Gasteiger partial charge in [0, 0.05) is 17.7 Å². The van der Waals surface area contributed by atoms with Crippen molar-refractivity contribution < 1.29 is 23.9 Å². The Labute approximate surface area is 181 Å². The SMILES string of the molecule is CC(C)OC(=O)NN(C(=O)OC(C)C)[C@]1(Cc2ccccc2)C(=O)Nc2ccccc21. The topological polar surface area (TPSA) is 97.0 Å². The van der Waals surface area contributed by atoms with E-state index in [0.29, 0.717) is 11.3 Å². The van der Waals surface area contributed by atoms with Crippen molar-refractivity contribution in [2.75, 3.05) is 5.32 Å². The third kappa shape index (κ3) is 4.63. The largest absolute Gasteiger partial charge is 0.446 e. The molecule has 2 aromatic carbocycles.